The topological polar surface area (TPSA) is 55.1 Å². The van der Waals surface area contributed by atoms with Crippen LogP contribution in [0.5, 0.6) is 0 Å². The molecule has 1 N–H and O–H groups in total. The zero-order valence-electron chi connectivity index (χ0n) is 12.4. The summed E-state index contributed by atoms with van der Waals surface area (Å²) in [6, 6.07) is 8.06. The van der Waals surface area contributed by atoms with E-state index < -0.39 is 6.10 Å². The van der Waals surface area contributed by atoms with Crippen LogP contribution in [0.1, 0.15) is 12.5 Å². The Morgan fingerprint density at radius 1 is 1.35 bits per heavy atom. The van der Waals surface area contributed by atoms with E-state index in [1.807, 2.05) is 11.4 Å². The van der Waals surface area contributed by atoms with E-state index in [9.17, 15) is 14.3 Å². The number of thiophene rings is 1. The van der Waals surface area contributed by atoms with E-state index >= 15 is 0 Å². The van der Waals surface area contributed by atoms with Gasteiger partial charge in [0.25, 0.3) is 5.56 Å². The zero-order chi connectivity index (χ0) is 16.4. The molecule has 2 aromatic heterocycles. The lowest BCUT2D eigenvalue weighted by molar-refractivity contribution is 0.168. The lowest BCUT2D eigenvalue weighted by atomic mass is 10.2. The van der Waals surface area contributed by atoms with E-state index in [1.54, 1.807) is 19.1 Å². The number of thioether (sulfide) groups is 1. The Labute approximate surface area is 140 Å². The van der Waals surface area contributed by atoms with Crippen molar-refractivity contribution < 1.29 is 9.50 Å². The van der Waals surface area contributed by atoms with Crippen LogP contribution in [0.4, 0.5) is 4.39 Å². The lowest BCUT2D eigenvalue weighted by Crippen LogP contribution is -2.27. The van der Waals surface area contributed by atoms with Gasteiger partial charge in [-0.05, 0) is 36.1 Å². The first-order valence-electron chi connectivity index (χ1n) is 7.08. The van der Waals surface area contributed by atoms with Gasteiger partial charge in [-0.2, -0.15) is 0 Å². The molecule has 2 heterocycles. The molecule has 0 aliphatic carbocycles. The third-order valence-electron chi connectivity index (χ3n) is 3.26. The second kappa shape index (κ2) is 6.82. The molecule has 4 nitrogen and oxygen atoms in total. The second-order valence-electron chi connectivity index (χ2n) is 5.21. The van der Waals surface area contributed by atoms with Crippen LogP contribution in [-0.4, -0.2) is 20.8 Å². The quantitative estimate of drug-likeness (QED) is 0.567. The predicted octanol–water partition coefficient (Wildman–Crippen LogP) is 3.27. The molecule has 0 fully saturated rings. The van der Waals surface area contributed by atoms with Gasteiger partial charge in [0.1, 0.15) is 10.5 Å². The molecule has 0 bridgehead atoms. The van der Waals surface area contributed by atoms with E-state index in [-0.39, 0.29) is 17.9 Å². The summed E-state index contributed by atoms with van der Waals surface area (Å²) in [4.78, 5) is 17.1. The Morgan fingerprint density at radius 2 is 2.09 bits per heavy atom. The first-order chi connectivity index (χ1) is 11.0. The summed E-state index contributed by atoms with van der Waals surface area (Å²) in [5.41, 5.74) is 1.48. The number of hydrogen-bond acceptors (Lipinski definition) is 5. The molecule has 0 radical (unpaired) electrons. The number of fused-ring (bicyclic) bond motifs is 1. The number of halogens is 1. The van der Waals surface area contributed by atoms with Crippen molar-refractivity contribution in [2.24, 2.45) is 0 Å². The molecule has 0 spiro atoms. The summed E-state index contributed by atoms with van der Waals surface area (Å²) >= 11 is 2.75. The molecule has 3 rings (SSSR count). The smallest absolute Gasteiger partial charge is 0.272 e. The first kappa shape index (κ1) is 16.2. The summed E-state index contributed by atoms with van der Waals surface area (Å²) in [7, 11) is 0. The highest BCUT2D eigenvalue weighted by atomic mass is 32.2. The number of aliphatic hydroxyl groups excluding tert-OH is 1. The molecular formula is C16H15FN2O2S2. The second-order valence-corrected chi connectivity index (χ2v) is 7.07. The fraction of sp³-hybridized carbons (Fsp3) is 0.250. The lowest BCUT2D eigenvalue weighted by Gasteiger charge is -2.13. The molecule has 0 saturated heterocycles. The molecular weight excluding hydrogens is 335 g/mol. The summed E-state index contributed by atoms with van der Waals surface area (Å²) in [5.74, 6) is 0.296. The number of aromatic nitrogens is 2. The Kier molecular flexibility index (Phi) is 4.79. The van der Waals surface area contributed by atoms with Crippen molar-refractivity contribution in [3.05, 3.63) is 57.4 Å². The zero-order valence-corrected chi connectivity index (χ0v) is 14.0. The van der Waals surface area contributed by atoms with E-state index in [2.05, 4.69) is 4.98 Å². The minimum Gasteiger partial charge on any atom is -0.392 e. The maximum absolute atomic E-state index is 13.0. The van der Waals surface area contributed by atoms with Crippen molar-refractivity contribution in [2.75, 3.05) is 0 Å². The Bertz CT molecular complexity index is 872. The Morgan fingerprint density at radius 3 is 2.78 bits per heavy atom. The van der Waals surface area contributed by atoms with Gasteiger partial charge >= 0.3 is 0 Å². The van der Waals surface area contributed by atoms with Crippen molar-refractivity contribution in [1.29, 1.82) is 0 Å². The number of benzene rings is 1. The maximum atomic E-state index is 13.0. The summed E-state index contributed by atoms with van der Waals surface area (Å²) in [6.45, 7) is 1.84. The van der Waals surface area contributed by atoms with Gasteiger partial charge in [-0.25, -0.2) is 9.37 Å². The van der Waals surface area contributed by atoms with Gasteiger partial charge in [-0.1, -0.05) is 23.9 Å². The van der Waals surface area contributed by atoms with Crippen LogP contribution in [0, 0.1) is 5.82 Å². The average Bonchev–Trinajstić information content (AvgIpc) is 2.98. The number of nitrogens with zero attached hydrogens (tertiary/aromatic N) is 2. The van der Waals surface area contributed by atoms with Crippen LogP contribution >= 0.6 is 23.1 Å². The third kappa shape index (κ3) is 3.63. The molecule has 3 aromatic rings. The fourth-order valence-corrected chi connectivity index (χ4v) is 3.93. The normalized spacial score (nSPS) is 12.7. The van der Waals surface area contributed by atoms with Crippen molar-refractivity contribution >= 4 is 33.3 Å². The molecule has 0 aliphatic heterocycles. The Balaban J connectivity index is 1.94. The van der Waals surface area contributed by atoms with E-state index in [1.165, 1.54) is 39.8 Å². The molecule has 0 saturated carbocycles. The van der Waals surface area contributed by atoms with E-state index in [4.69, 9.17) is 0 Å². The fourth-order valence-electron chi connectivity index (χ4n) is 2.19. The highest BCUT2D eigenvalue weighted by molar-refractivity contribution is 7.98. The minimum atomic E-state index is -0.642. The molecule has 120 valence electrons. The van der Waals surface area contributed by atoms with Gasteiger partial charge in [-0.3, -0.25) is 9.36 Å². The van der Waals surface area contributed by atoms with Gasteiger partial charge in [0.15, 0.2) is 5.16 Å². The summed E-state index contributed by atoms with van der Waals surface area (Å²) in [5, 5.41) is 12.1. The van der Waals surface area contributed by atoms with Crippen molar-refractivity contribution in [1.82, 2.24) is 9.55 Å². The van der Waals surface area contributed by atoms with Crippen LogP contribution in [0.25, 0.3) is 10.2 Å². The van der Waals surface area contributed by atoms with Crippen LogP contribution < -0.4 is 5.56 Å². The third-order valence-corrected chi connectivity index (χ3v) is 5.20. The van der Waals surface area contributed by atoms with Crippen LogP contribution in [0.3, 0.4) is 0 Å². The summed E-state index contributed by atoms with van der Waals surface area (Å²) < 4.78 is 15.1. The number of rotatable bonds is 5. The largest absolute Gasteiger partial charge is 0.392 e. The van der Waals surface area contributed by atoms with Crippen LogP contribution in [-0.2, 0) is 12.3 Å². The number of aliphatic hydroxyl groups is 1. The first-order valence-corrected chi connectivity index (χ1v) is 8.94. The molecule has 1 unspecified atom stereocenters. The SMILES string of the molecule is CC(O)Cn1c(SCc2ccc(F)cc2)nc2ccsc2c1=O. The van der Waals surface area contributed by atoms with Gasteiger partial charge in [-0.15, -0.1) is 11.3 Å². The van der Waals surface area contributed by atoms with Crippen LogP contribution in [0.2, 0.25) is 0 Å². The van der Waals surface area contributed by atoms with E-state index in [0.717, 1.165) is 5.56 Å². The van der Waals surface area contributed by atoms with Gasteiger partial charge in [0.2, 0.25) is 0 Å². The molecule has 23 heavy (non-hydrogen) atoms. The minimum absolute atomic E-state index is 0.132. The van der Waals surface area contributed by atoms with Gasteiger partial charge in [0.05, 0.1) is 18.2 Å². The molecule has 1 atom stereocenters. The average molecular weight is 350 g/mol. The van der Waals surface area contributed by atoms with Crippen LogP contribution in [0.15, 0.2) is 45.7 Å². The highest BCUT2D eigenvalue weighted by Crippen LogP contribution is 2.24. The number of hydrogen-bond donors (Lipinski definition) is 1. The predicted molar refractivity (Wildman–Crippen MR) is 91.5 cm³/mol. The van der Waals surface area contributed by atoms with Crippen molar-refractivity contribution in [3.8, 4) is 0 Å². The van der Waals surface area contributed by atoms with Crippen molar-refractivity contribution in [3.63, 3.8) is 0 Å². The summed E-state index contributed by atoms with van der Waals surface area (Å²) in [6.07, 6.45) is -0.642. The Hall–Kier alpha value is -1.70. The maximum Gasteiger partial charge on any atom is 0.272 e. The molecule has 0 amide bonds. The standard InChI is InChI=1S/C16H15FN2O2S2/c1-10(20)8-19-15(21)14-13(6-7-22-14)18-16(19)23-9-11-2-4-12(17)5-3-11/h2-7,10,20H,8-9H2,1H3. The monoisotopic (exact) mass is 350 g/mol. The molecule has 0 aliphatic rings. The van der Waals surface area contributed by atoms with Gasteiger partial charge in [0, 0.05) is 5.75 Å². The molecule has 7 heteroatoms. The highest BCUT2D eigenvalue weighted by Gasteiger charge is 2.14. The van der Waals surface area contributed by atoms with Gasteiger partial charge < -0.3 is 5.11 Å². The van der Waals surface area contributed by atoms with Crippen molar-refractivity contribution in [2.45, 2.75) is 30.5 Å². The molecule has 1 aromatic carbocycles. The van der Waals surface area contributed by atoms with E-state index in [0.29, 0.717) is 21.1 Å².